The molecule has 0 saturated carbocycles. The molecule has 1 aromatic carbocycles. The molecule has 0 spiro atoms. The largest absolute Gasteiger partial charge is 0.325 e. The zero-order chi connectivity index (χ0) is 13.2. The van der Waals surface area contributed by atoms with Crippen molar-refractivity contribution in [3.05, 3.63) is 36.3 Å². The van der Waals surface area contributed by atoms with Crippen molar-refractivity contribution in [2.24, 2.45) is 0 Å². The van der Waals surface area contributed by atoms with Crippen LogP contribution < -0.4 is 0 Å². The predicted octanol–water partition coefficient (Wildman–Crippen LogP) is 3.34. The van der Waals surface area contributed by atoms with Crippen molar-refractivity contribution >= 4 is 33.5 Å². The number of halogens is 2. The molecule has 3 rings (SSSR count). The van der Waals surface area contributed by atoms with E-state index in [1.165, 1.54) is 0 Å². The molecular formula is C14H13ClFN3. The lowest BCUT2D eigenvalue weighted by atomic mass is 10.2. The first-order valence-corrected chi connectivity index (χ1v) is 6.73. The highest BCUT2D eigenvalue weighted by Crippen LogP contribution is 2.25. The number of aryl methyl sites for hydroxylation is 2. The van der Waals surface area contributed by atoms with Crippen molar-refractivity contribution in [1.82, 2.24) is 14.5 Å². The van der Waals surface area contributed by atoms with E-state index in [-0.39, 0.29) is 0 Å². The summed E-state index contributed by atoms with van der Waals surface area (Å²) in [7, 11) is 0. The normalized spacial score (nSPS) is 11.5. The first-order chi connectivity index (χ1) is 9.35. The summed E-state index contributed by atoms with van der Waals surface area (Å²) in [5.41, 5.74) is 2.64. The molecule has 0 bridgehead atoms. The second kappa shape index (κ2) is 5.13. The molecule has 3 nitrogen and oxygen atoms in total. The van der Waals surface area contributed by atoms with Crippen molar-refractivity contribution in [2.75, 3.05) is 12.6 Å². The first-order valence-electron chi connectivity index (χ1n) is 6.20. The maximum atomic E-state index is 12.8. The molecule has 0 unspecified atom stereocenters. The topological polar surface area (TPSA) is 30.7 Å². The second-order valence-electron chi connectivity index (χ2n) is 4.32. The van der Waals surface area contributed by atoms with Gasteiger partial charge in [0.2, 0.25) is 0 Å². The van der Waals surface area contributed by atoms with Crippen LogP contribution in [-0.4, -0.2) is 27.1 Å². The van der Waals surface area contributed by atoms with Crippen LogP contribution in [0.15, 0.2) is 30.5 Å². The summed E-state index contributed by atoms with van der Waals surface area (Å²) in [4.78, 5) is 8.90. The summed E-state index contributed by atoms with van der Waals surface area (Å²) < 4.78 is 14.7. The number of rotatable bonds is 4. The third-order valence-corrected chi connectivity index (χ3v) is 3.37. The van der Waals surface area contributed by atoms with E-state index >= 15 is 0 Å². The van der Waals surface area contributed by atoms with Crippen molar-refractivity contribution in [3.63, 3.8) is 0 Å². The number of fused-ring (bicyclic) bond motifs is 3. The maximum Gasteiger partial charge on any atom is 0.111 e. The number of benzene rings is 1. The number of alkyl halides is 2. The van der Waals surface area contributed by atoms with Gasteiger partial charge in [-0.2, -0.15) is 0 Å². The minimum absolute atomic E-state index is 0.302. The van der Waals surface area contributed by atoms with Crippen molar-refractivity contribution in [1.29, 1.82) is 0 Å². The molecule has 5 heteroatoms. The number of nitrogens with zero attached hydrogens (tertiary/aromatic N) is 3. The third-order valence-electron chi connectivity index (χ3n) is 3.18. The van der Waals surface area contributed by atoms with E-state index in [4.69, 9.17) is 11.6 Å². The third kappa shape index (κ3) is 2.06. The van der Waals surface area contributed by atoms with Gasteiger partial charge in [-0.05, 0) is 6.07 Å². The highest BCUT2D eigenvalue weighted by molar-refractivity contribution is 6.18. The van der Waals surface area contributed by atoms with Gasteiger partial charge in [-0.1, -0.05) is 18.2 Å². The number of imidazole rings is 1. The van der Waals surface area contributed by atoms with Crippen LogP contribution >= 0.6 is 11.6 Å². The zero-order valence-electron chi connectivity index (χ0n) is 10.3. The smallest absolute Gasteiger partial charge is 0.111 e. The fraction of sp³-hybridized carbons (Fsp3) is 0.286. The van der Waals surface area contributed by atoms with Gasteiger partial charge in [0.25, 0.3) is 0 Å². The van der Waals surface area contributed by atoms with E-state index in [1.54, 1.807) is 6.20 Å². The summed E-state index contributed by atoms with van der Waals surface area (Å²) in [6.07, 6.45) is 2.37. The number of para-hydroxylation sites is 1. The van der Waals surface area contributed by atoms with E-state index in [9.17, 15) is 4.39 Å². The van der Waals surface area contributed by atoms with Crippen LogP contribution in [0.4, 0.5) is 4.39 Å². The standard InChI is InChI=1S/C14H13ClFN3/c15-6-5-13-18-12-9-17-11-4-2-1-3-10(11)14(12)19(13)8-7-16/h1-4,9H,5-8H2. The minimum atomic E-state index is -0.419. The van der Waals surface area contributed by atoms with Crippen molar-refractivity contribution < 1.29 is 4.39 Å². The number of pyridine rings is 1. The molecule has 0 aliphatic heterocycles. The fourth-order valence-electron chi connectivity index (χ4n) is 2.41. The van der Waals surface area contributed by atoms with Gasteiger partial charge in [-0.3, -0.25) is 4.98 Å². The Hall–Kier alpha value is -1.68. The van der Waals surface area contributed by atoms with Gasteiger partial charge in [0, 0.05) is 17.7 Å². The molecule has 0 fully saturated rings. The van der Waals surface area contributed by atoms with Crippen LogP contribution in [0.25, 0.3) is 21.9 Å². The molecule has 0 radical (unpaired) electrons. The van der Waals surface area contributed by atoms with E-state index in [0.29, 0.717) is 18.8 Å². The van der Waals surface area contributed by atoms with Crippen molar-refractivity contribution in [3.8, 4) is 0 Å². The summed E-state index contributed by atoms with van der Waals surface area (Å²) in [6.45, 7) is -0.117. The first kappa shape index (κ1) is 12.4. The Balaban J connectivity index is 2.35. The van der Waals surface area contributed by atoms with Gasteiger partial charge in [-0.15, -0.1) is 11.6 Å². The quantitative estimate of drug-likeness (QED) is 0.685. The Morgan fingerprint density at radius 3 is 2.84 bits per heavy atom. The average Bonchev–Trinajstić information content (AvgIpc) is 2.78. The minimum Gasteiger partial charge on any atom is -0.325 e. The Morgan fingerprint density at radius 2 is 2.05 bits per heavy atom. The molecule has 98 valence electrons. The highest BCUT2D eigenvalue weighted by Gasteiger charge is 2.13. The average molecular weight is 278 g/mol. The zero-order valence-corrected chi connectivity index (χ0v) is 11.1. The molecule has 0 N–H and O–H groups in total. The fourth-order valence-corrected chi connectivity index (χ4v) is 2.58. The number of hydrogen-bond donors (Lipinski definition) is 0. The maximum absolute atomic E-state index is 12.8. The molecule has 0 aliphatic carbocycles. The van der Waals surface area contributed by atoms with Gasteiger partial charge >= 0.3 is 0 Å². The molecule has 0 saturated heterocycles. The lowest BCUT2D eigenvalue weighted by Crippen LogP contribution is -2.06. The molecule has 2 aromatic heterocycles. The molecule has 3 aromatic rings. The molecule has 0 atom stereocenters. The van der Waals surface area contributed by atoms with E-state index in [1.807, 2.05) is 28.8 Å². The summed E-state index contributed by atoms with van der Waals surface area (Å²) in [5.74, 6) is 1.29. The number of hydrogen-bond acceptors (Lipinski definition) is 2. The molecule has 2 heterocycles. The molecular weight excluding hydrogens is 265 g/mol. The van der Waals surface area contributed by atoms with Gasteiger partial charge in [0.05, 0.1) is 23.8 Å². The van der Waals surface area contributed by atoms with Gasteiger partial charge in [0.1, 0.15) is 18.0 Å². The Labute approximate surface area is 115 Å². The van der Waals surface area contributed by atoms with Gasteiger partial charge < -0.3 is 4.57 Å². The molecule has 0 aliphatic rings. The monoisotopic (exact) mass is 277 g/mol. The van der Waals surface area contributed by atoms with Gasteiger partial charge in [0.15, 0.2) is 0 Å². The lowest BCUT2D eigenvalue weighted by molar-refractivity contribution is 0.445. The Morgan fingerprint density at radius 1 is 1.21 bits per heavy atom. The van der Waals surface area contributed by atoms with Crippen LogP contribution in [-0.2, 0) is 13.0 Å². The summed E-state index contributed by atoms with van der Waals surface area (Å²) >= 11 is 5.79. The lowest BCUT2D eigenvalue weighted by Gasteiger charge is -2.07. The van der Waals surface area contributed by atoms with Crippen LogP contribution in [0.1, 0.15) is 5.82 Å². The van der Waals surface area contributed by atoms with Gasteiger partial charge in [-0.25, -0.2) is 9.37 Å². The Bertz CT molecular complexity index is 723. The van der Waals surface area contributed by atoms with E-state index in [2.05, 4.69) is 9.97 Å². The second-order valence-corrected chi connectivity index (χ2v) is 4.69. The summed E-state index contributed by atoms with van der Waals surface area (Å²) in [5, 5.41) is 1.00. The predicted molar refractivity (Wildman–Crippen MR) is 75.4 cm³/mol. The van der Waals surface area contributed by atoms with Crippen LogP contribution in [0, 0.1) is 0 Å². The van der Waals surface area contributed by atoms with Crippen LogP contribution in [0.5, 0.6) is 0 Å². The molecule has 19 heavy (non-hydrogen) atoms. The van der Waals surface area contributed by atoms with Crippen LogP contribution in [0.3, 0.4) is 0 Å². The van der Waals surface area contributed by atoms with E-state index in [0.717, 1.165) is 27.8 Å². The Kier molecular flexibility index (Phi) is 3.34. The summed E-state index contributed by atoms with van der Waals surface area (Å²) in [6, 6.07) is 7.84. The number of aromatic nitrogens is 3. The van der Waals surface area contributed by atoms with E-state index < -0.39 is 6.67 Å². The molecule has 0 amide bonds. The highest BCUT2D eigenvalue weighted by atomic mass is 35.5. The van der Waals surface area contributed by atoms with Crippen molar-refractivity contribution in [2.45, 2.75) is 13.0 Å². The SMILES string of the molecule is FCCn1c(CCCl)nc2cnc3ccccc3c21. The van der Waals surface area contributed by atoms with Crippen LogP contribution in [0.2, 0.25) is 0 Å².